The van der Waals surface area contributed by atoms with E-state index < -0.39 is 0 Å². The lowest BCUT2D eigenvalue weighted by molar-refractivity contribution is -0.114. The topological polar surface area (TPSA) is 76.3 Å². The van der Waals surface area contributed by atoms with E-state index in [1.54, 1.807) is 24.3 Å². The molecule has 0 radical (unpaired) electrons. The van der Waals surface area contributed by atoms with Crippen molar-refractivity contribution in [1.29, 1.82) is 0 Å². The first-order chi connectivity index (χ1) is 9.52. The van der Waals surface area contributed by atoms with Gasteiger partial charge in [-0.1, -0.05) is 6.92 Å². The summed E-state index contributed by atoms with van der Waals surface area (Å²) in [6.45, 7) is 3.84. The highest BCUT2D eigenvalue weighted by molar-refractivity contribution is 5.88. The van der Waals surface area contributed by atoms with Crippen molar-refractivity contribution in [2.45, 2.75) is 26.8 Å². The molecule has 2 rings (SSSR count). The molecule has 0 aliphatic carbocycles. The molecule has 0 unspecified atom stereocenters. The van der Waals surface area contributed by atoms with Gasteiger partial charge >= 0.3 is 5.69 Å². The van der Waals surface area contributed by atoms with E-state index in [0.29, 0.717) is 17.9 Å². The second-order valence-corrected chi connectivity index (χ2v) is 4.52. The molecule has 0 fully saturated rings. The fourth-order valence-corrected chi connectivity index (χ4v) is 2.00. The summed E-state index contributed by atoms with van der Waals surface area (Å²) in [7, 11) is 0. The summed E-state index contributed by atoms with van der Waals surface area (Å²) < 4.78 is 2.70. The Hall–Kier alpha value is -2.50. The van der Waals surface area contributed by atoms with Crippen LogP contribution in [-0.4, -0.2) is 20.1 Å². The standard InChI is InChI=1S/C14H17N3O3/c1-3-8-16-13(19)9-17(14(16)20)12-6-4-11(5-7-12)15-10(2)18/h4-7,9,19H,3,8H2,1-2H3,(H,15,18). The van der Waals surface area contributed by atoms with Gasteiger partial charge < -0.3 is 10.4 Å². The van der Waals surface area contributed by atoms with Gasteiger partial charge in [0.1, 0.15) is 0 Å². The maximum absolute atomic E-state index is 12.1. The van der Waals surface area contributed by atoms with Gasteiger partial charge in [-0.25, -0.2) is 4.79 Å². The number of hydrogen-bond donors (Lipinski definition) is 2. The molecule has 1 aromatic carbocycles. The van der Waals surface area contributed by atoms with Gasteiger partial charge in [0, 0.05) is 19.2 Å². The van der Waals surface area contributed by atoms with E-state index in [2.05, 4.69) is 5.32 Å². The van der Waals surface area contributed by atoms with Gasteiger partial charge in [-0.15, -0.1) is 0 Å². The molecule has 0 spiro atoms. The zero-order chi connectivity index (χ0) is 14.7. The maximum atomic E-state index is 12.1. The van der Waals surface area contributed by atoms with Crippen LogP contribution in [-0.2, 0) is 11.3 Å². The minimum absolute atomic E-state index is 0.0530. The Bertz CT molecular complexity index is 668. The summed E-state index contributed by atoms with van der Waals surface area (Å²) in [5.74, 6) is -0.204. The minimum atomic E-state index is -0.281. The first-order valence-electron chi connectivity index (χ1n) is 6.42. The Morgan fingerprint density at radius 1 is 1.30 bits per heavy atom. The SMILES string of the molecule is CCCn1c(O)cn(-c2ccc(NC(C)=O)cc2)c1=O. The molecule has 0 aliphatic rings. The Morgan fingerprint density at radius 3 is 2.50 bits per heavy atom. The van der Waals surface area contributed by atoms with Crippen molar-refractivity contribution >= 4 is 11.6 Å². The molecule has 0 saturated carbocycles. The Kier molecular flexibility index (Phi) is 3.93. The van der Waals surface area contributed by atoms with Crippen LogP contribution in [0.15, 0.2) is 35.3 Å². The normalized spacial score (nSPS) is 10.5. The lowest BCUT2D eigenvalue weighted by Crippen LogP contribution is -2.22. The van der Waals surface area contributed by atoms with Crippen molar-refractivity contribution in [1.82, 2.24) is 9.13 Å². The van der Waals surface area contributed by atoms with Crippen LogP contribution in [0.3, 0.4) is 0 Å². The van der Waals surface area contributed by atoms with Crippen molar-refractivity contribution in [3.63, 3.8) is 0 Å². The summed E-state index contributed by atoms with van der Waals surface area (Å²) in [6, 6.07) is 6.83. The lowest BCUT2D eigenvalue weighted by Gasteiger charge is -2.04. The zero-order valence-electron chi connectivity index (χ0n) is 11.5. The van der Waals surface area contributed by atoms with Crippen LogP contribution in [0.5, 0.6) is 5.88 Å². The minimum Gasteiger partial charge on any atom is -0.493 e. The van der Waals surface area contributed by atoms with Gasteiger partial charge in [0.15, 0.2) is 0 Å². The summed E-state index contributed by atoms with van der Waals surface area (Å²) in [5, 5.41) is 12.4. The molecule has 1 heterocycles. The van der Waals surface area contributed by atoms with E-state index in [4.69, 9.17) is 0 Å². The molecule has 1 aromatic heterocycles. The van der Waals surface area contributed by atoms with Crippen LogP contribution in [0.2, 0.25) is 0 Å². The van der Waals surface area contributed by atoms with Crippen molar-refractivity contribution in [3.05, 3.63) is 40.9 Å². The smallest absolute Gasteiger partial charge is 0.335 e. The van der Waals surface area contributed by atoms with Crippen molar-refractivity contribution < 1.29 is 9.90 Å². The predicted octanol–water partition coefficient (Wildman–Crippen LogP) is 1.71. The molecule has 6 nitrogen and oxygen atoms in total. The highest BCUT2D eigenvalue weighted by Crippen LogP contribution is 2.15. The Labute approximate surface area is 116 Å². The third kappa shape index (κ3) is 2.74. The molecule has 0 bridgehead atoms. The van der Waals surface area contributed by atoms with Crippen molar-refractivity contribution in [2.24, 2.45) is 0 Å². The molecule has 0 aliphatic heterocycles. The molecule has 106 valence electrons. The average molecular weight is 275 g/mol. The highest BCUT2D eigenvalue weighted by Gasteiger charge is 2.10. The summed E-state index contributed by atoms with van der Waals surface area (Å²) >= 11 is 0. The number of rotatable bonds is 4. The van der Waals surface area contributed by atoms with Crippen LogP contribution in [0.1, 0.15) is 20.3 Å². The number of anilines is 1. The van der Waals surface area contributed by atoms with E-state index in [9.17, 15) is 14.7 Å². The largest absolute Gasteiger partial charge is 0.493 e. The van der Waals surface area contributed by atoms with Crippen LogP contribution < -0.4 is 11.0 Å². The number of carbonyl (C=O) groups is 1. The third-order valence-corrected chi connectivity index (χ3v) is 2.87. The molecule has 20 heavy (non-hydrogen) atoms. The predicted molar refractivity (Wildman–Crippen MR) is 76.3 cm³/mol. The summed E-state index contributed by atoms with van der Waals surface area (Å²) in [4.78, 5) is 23.1. The van der Waals surface area contributed by atoms with Crippen LogP contribution in [0, 0.1) is 0 Å². The first-order valence-corrected chi connectivity index (χ1v) is 6.42. The molecule has 2 N–H and O–H groups in total. The number of aromatic hydroxyl groups is 1. The number of amides is 1. The monoisotopic (exact) mass is 275 g/mol. The molecule has 0 saturated heterocycles. The number of aromatic nitrogens is 2. The first kappa shape index (κ1) is 13.9. The lowest BCUT2D eigenvalue weighted by atomic mass is 10.3. The second-order valence-electron chi connectivity index (χ2n) is 4.52. The van der Waals surface area contributed by atoms with Crippen LogP contribution >= 0.6 is 0 Å². The Balaban J connectivity index is 2.35. The van der Waals surface area contributed by atoms with Gasteiger partial charge in [-0.2, -0.15) is 0 Å². The fraction of sp³-hybridized carbons (Fsp3) is 0.286. The van der Waals surface area contributed by atoms with E-state index in [-0.39, 0.29) is 17.5 Å². The van der Waals surface area contributed by atoms with E-state index >= 15 is 0 Å². The van der Waals surface area contributed by atoms with Gasteiger partial charge in [-0.05, 0) is 30.7 Å². The van der Waals surface area contributed by atoms with E-state index in [1.165, 1.54) is 22.3 Å². The molecule has 2 aromatic rings. The fourth-order valence-electron chi connectivity index (χ4n) is 2.00. The number of imidazole rings is 1. The number of nitrogens with one attached hydrogen (secondary N) is 1. The molecule has 0 atom stereocenters. The summed E-state index contributed by atoms with van der Waals surface area (Å²) in [5.41, 5.74) is 1.01. The zero-order valence-corrected chi connectivity index (χ0v) is 11.5. The average Bonchev–Trinajstić information content (AvgIpc) is 2.67. The quantitative estimate of drug-likeness (QED) is 0.892. The summed E-state index contributed by atoms with van der Waals surface area (Å²) in [6.07, 6.45) is 2.16. The van der Waals surface area contributed by atoms with Gasteiger partial charge in [0.25, 0.3) is 0 Å². The van der Waals surface area contributed by atoms with E-state index in [1.807, 2.05) is 6.92 Å². The second kappa shape index (κ2) is 5.64. The number of hydrogen-bond acceptors (Lipinski definition) is 3. The van der Waals surface area contributed by atoms with Crippen molar-refractivity contribution in [2.75, 3.05) is 5.32 Å². The maximum Gasteiger partial charge on any atom is 0.335 e. The van der Waals surface area contributed by atoms with Crippen LogP contribution in [0.25, 0.3) is 5.69 Å². The molecular weight excluding hydrogens is 258 g/mol. The highest BCUT2D eigenvalue weighted by atomic mass is 16.3. The van der Waals surface area contributed by atoms with E-state index in [0.717, 1.165) is 6.42 Å². The van der Waals surface area contributed by atoms with Gasteiger partial charge in [0.05, 0.1) is 11.9 Å². The number of nitrogens with zero attached hydrogens (tertiary/aromatic N) is 2. The number of carbonyl (C=O) groups excluding carboxylic acids is 1. The van der Waals surface area contributed by atoms with Crippen molar-refractivity contribution in [3.8, 4) is 11.6 Å². The molecular formula is C14H17N3O3. The number of benzene rings is 1. The van der Waals surface area contributed by atoms with Gasteiger partial charge in [-0.3, -0.25) is 13.9 Å². The van der Waals surface area contributed by atoms with Crippen LogP contribution in [0.4, 0.5) is 5.69 Å². The Morgan fingerprint density at radius 2 is 1.95 bits per heavy atom. The molecule has 6 heteroatoms. The van der Waals surface area contributed by atoms with Gasteiger partial charge in [0.2, 0.25) is 11.8 Å². The molecule has 1 amide bonds. The third-order valence-electron chi connectivity index (χ3n) is 2.87.